The number of nitrogens with one attached hydrogen (secondary N) is 3. The van der Waals surface area contributed by atoms with Crippen LogP contribution in [0.3, 0.4) is 0 Å². The summed E-state index contributed by atoms with van der Waals surface area (Å²) in [5.74, 6) is -0.555. The number of benzene rings is 1. The molecule has 0 spiro atoms. The number of H-pyrrole nitrogens is 1. The first-order valence-electron chi connectivity index (χ1n) is 7.35. The van der Waals surface area contributed by atoms with Crippen molar-refractivity contribution in [3.8, 4) is 0 Å². The number of pyridine rings is 1. The fourth-order valence-electron chi connectivity index (χ4n) is 2.08. The van der Waals surface area contributed by atoms with Crippen molar-refractivity contribution in [2.24, 2.45) is 0 Å². The Morgan fingerprint density at radius 2 is 1.96 bits per heavy atom. The van der Waals surface area contributed by atoms with Crippen LogP contribution in [-0.2, 0) is 11.0 Å². The third-order valence-corrected chi connectivity index (χ3v) is 3.79. The quantitative estimate of drug-likeness (QED) is 0.461. The first kappa shape index (κ1) is 20.4. The molecule has 0 radical (unpaired) electrons. The van der Waals surface area contributed by atoms with Gasteiger partial charge in [-0.1, -0.05) is 0 Å². The lowest BCUT2D eigenvalue weighted by atomic mass is 10.1. The van der Waals surface area contributed by atoms with Crippen molar-refractivity contribution >= 4 is 38.9 Å². The molecule has 0 fully saturated rings. The summed E-state index contributed by atoms with van der Waals surface area (Å²) < 4.78 is 38.5. The zero-order chi connectivity index (χ0) is 20.2. The van der Waals surface area contributed by atoms with Crippen LogP contribution in [0.25, 0.3) is 0 Å². The molecule has 0 aliphatic rings. The zero-order valence-corrected chi connectivity index (χ0v) is 15.0. The first-order chi connectivity index (χ1) is 12.6. The normalized spacial score (nSPS) is 11.1. The Kier molecular flexibility index (Phi) is 6.20. The number of aromatic amines is 1. The average molecular weight is 449 g/mol. The predicted molar refractivity (Wildman–Crippen MR) is 94.6 cm³/mol. The Hall–Kier alpha value is -2.89. The van der Waals surface area contributed by atoms with Gasteiger partial charge in [-0.05, 0) is 34.1 Å². The lowest BCUT2D eigenvalue weighted by Crippen LogP contribution is -2.21. The molecule has 12 heteroatoms. The molecule has 8 nitrogen and oxygen atoms in total. The largest absolute Gasteiger partial charge is 0.416 e. The van der Waals surface area contributed by atoms with Crippen LogP contribution in [0, 0.1) is 10.1 Å². The summed E-state index contributed by atoms with van der Waals surface area (Å²) in [6.07, 6.45) is -3.49. The SMILES string of the molecule is O=C(CCNc1ccc(C(F)(F)F)cc1[N+](=O)[O-])Nc1cc(Br)c[nH]c1=O. The summed E-state index contributed by atoms with van der Waals surface area (Å²) in [5.41, 5.74) is -2.56. The van der Waals surface area contributed by atoms with Crippen LogP contribution < -0.4 is 16.2 Å². The maximum absolute atomic E-state index is 12.7. The number of nitro benzene ring substituents is 1. The maximum Gasteiger partial charge on any atom is 0.416 e. The molecule has 1 aromatic carbocycles. The van der Waals surface area contributed by atoms with Gasteiger partial charge in [0.2, 0.25) is 5.91 Å². The maximum atomic E-state index is 12.7. The van der Waals surface area contributed by atoms with Gasteiger partial charge in [-0.15, -0.1) is 0 Å². The van der Waals surface area contributed by atoms with Crippen LogP contribution in [0.1, 0.15) is 12.0 Å². The number of rotatable bonds is 6. The molecule has 144 valence electrons. The summed E-state index contributed by atoms with van der Waals surface area (Å²) in [4.78, 5) is 35.9. The molecule has 0 bridgehead atoms. The van der Waals surface area contributed by atoms with E-state index < -0.39 is 33.8 Å². The van der Waals surface area contributed by atoms with Crippen LogP contribution in [-0.4, -0.2) is 22.4 Å². The van der Waals surface area contributed by atoms with Crippen molar-refractivity contribution in [2.75, 3.05) is 17.2 Å². The molecule has 1 heterocycles. The monoisotopic (exact) mass is 448 g/mol. The van der Waals surface area contributed by atoms with Crippen LogP contribution in [0.5, 0.6) is 0 Å². The second-order valence-electron chi connectivity index (χ2n) is 5.27. The lowest BCUT2D eigenvalue weighted by molar-refractivity contribution is -0.384. The summed E-state index contributed by atoms with van der Waals surface area (Å²) in [6.45, 7) is -0.0933. The summed E-state index contributed by atoms with van der Waals surface area (Å²) in [7, 11) is 0. The minimum Gasteiger partial charge on any atom is -0.379 e. The predicted octanol–water partition coefficient (Wildman–Crippen LogP) is 3.51. The van der Waals surface area contributed by atoms with Gasteiger partial charge in [0.25, 0.3) is 11.2 Å². The second-order valence-corrected chi connectivity index (χ2v) is 6.19. The number of hydrogen-bond donors (Lipinski definition) is 3. The number of halogens is 4. The topological polar surface area (TPSA) is 117 Å². The van der Waals surface area contributed by atoms with E-state index in [2.05, 4.69) is 31.5 Å². The summed E-state index contributed by atoms with van der Waals surface area (Å²) in [5, 5.41) is 15.9. The summed E-state index contributed by atoms with van der Waals surface area (Å²) in [6, 6.07) is 3.45. The second kappa shape index (κ2) is 8.20. The molecule has 3 N–H and O–H groups in total. The fraction of sp³-hybridized carbons (Fsp3) is 0.200. The highest BCUT2D eigenvalue weighted by atomic mass is 79.9. The summed E-state index contributed by atoms with van der Waals surface area (Å²) >= 11 is 3.13. The highest BCUT2D eigenvalue weighted by Crippen LogP contribution is 2.34. The van der Waals surface area contributed by atoms with Crippen molar-refractivity contribution in [3.63, 3.8) is 0 Å². The van der Waals surface area contributed by atoms with E-state index in [1.165, 1.54) is 12.3 Å². The van der Waals surface area contributed by atoms with Crippen LogP contribution >= 0.6 is 15.9 Å². The number of aromatic nitrogens is 1. The number of nitrogens with zero attached hydrogens (tertiary/aromatic N) is 1. The van der Waals surface area contributed by atoms with Crippen molar-refractivity contribution in [1.29, 1.82) is 0 Å². The van der Waals surface area contributed by atoms with Gasteiger partial charge in [0.15, 0.2) is 0 Å². The van der Waals surface area contributed by atoms with E-state index in [1.54, 1.807) is 0 Å². The number of carbonyl (C=O) groups excluding carboxylic acids is 1. The number of nitro groups is 1. The molecular weight excluding hydrogens is 437 g/mol. The van der Waals surface area contributed by atoms with E-state index in [9.17, 15) is 32.9 Å². The lowest BCUT2D eigenvalue weighted by Gasteiger charge is -2.10. The molecule has 0 saturated heterocycles. The molecule has 0 aliphatic carbocycles. The molecule has 0 atom stereocenters. The Bertz CT molecular complexity index is 930. The van der Waals surface area contributed by atoms with Gasteiger partial charge in [-0.3, -0.25) is 19.7 Å². The first-order valence-corrected chi connectivity index (χ1v) is 8.15. The van der Waals surface area contributed by atoms with E-state index in [-0.39, 0.29) is 24.3 Å². The molecule has 0 aliphatic heterocycles. The van der Waals surface area contributed by atoms with E-state index >= 15 is 0 Å². The van der Waals surface area contributed by atoms with Crippen LogP contribution in [0.4, 0.5) is 30.2 Å². The van der Waals surface area contributed by atoms with Gasteiger partial charge >= 0.3 is 6.18 Å². The van der Waals surface area contributed by atoms with Gasteiger partial charge in [0.1, 0.15) is 11.4 Å². The number of hydrogen-bond acceptors (Lipinski definition) is 5. The van der Waals surface area contributed by atoms with Crippen molar-refractivity contribution in [1.82, 2.24) is 4.98 Å². The molecule has 0 saturated carbocycles. The van der Waals surface area contributed by atoms with Crippen LogP contribution in [0.2, 0.25) is 0 Å². The molecule has 1 aromatic heterocycles. The Labute approximate surface area is 158 Å². The van der Waals surface area contributed by atoms with Gasteiger partial charge in [-0.25, -0.2) is 0 Å². The van der Waals surface area contributed by atoms with E-state index in [0.29, 0.717) is 16.6 Å². The molecule has 1 amide bonds. The molecular formula is C15H12BrF3N4O4. The number of alkyl halides is 3. The number of carbonyl (C=O) groups is 1. The van der Waals surface area contributed by atoms with Crippen molar-refractivity contribution in [2.45, 2.75) is 12.6 Å². The van der Waals surface area contributed by atoms with Crippen LogP contribution in [0.15, 0.2) is 39.7 Å². The molecule has 0 unspecified atom stereocenters. The Morgan fingerprint density at radius 1 is 1.26 bits per heavy atom. The van der Waals surface area contributed by atoms with E-state index in [1.807, 2.05) is 0 Å². The van der Waals surface area contributed by atoms with Gasteiger partial charge in [-0.2, -0.15) is 13.2 Å². The van der Waals surface area contributed by atoms with Crippen molar-refractivity contribution in [3.05, 3.63) is 61.0 Å². The molecule has 2 aromatic rings. The smallest absolute Gasteiger partial charge is 0.379 e. The third kappa shape index (κ3) is 5.54. The third-order valence-electron chi connectivity index (χ3n) is 3.33. The van der Waals surface area contributed by atoms with Gasteiger partial charge in [0.05, 0.1) is 10.5 Å². The molecule has 27 heavy (non-hydrogen) atoms. The van der Waals surface area contributed by atoms with E-state index in [0.717, 1.165) is 6.07 Å². The standard InChI is InChI=1S/C15H12BrF3N4O4/c16-9-6-11(14(25)21-7-9)22-13(24)3-4-20-10-2-1-8(15(17,18)19)5-12(10)23(26)27/h1-2,5-7,20H,3-4H2,(H,21,25)(H,22,24). The average Bonchev–Trinajstić information content (AvgIpc) is 2.57. The fourth-order valence-corrected chi connectivity index (χ4v) is 2.43. The van der Waals surface area contributed by atoms with Crippen molar-refractivity contribution < 1.29 is 22.9 Å². The zero-order valence-electron chi connectivity index (χ0n) is 13.4. The minimum absolute atomic E-state index is 0.00915. The van der Waals surface area contributed by atoms with Gasteiger partial charge < -0.3 is 15.6 Å². The highest BCUT2D eigenvalue weighted by molar-refractivity contribution is 9.10. The number of anilines is 2. The molecule has 2 rings (SSSR count). The minimum atomic E-state index is -4.71. The highest BCUT2D eigenvalue weighted by Gasteiger charge is 2.33. The Morgan fingerprint density at radius 3 is 2.59 bits per heavy atom. The van der Waals surface area contributed by atoms with E-state index in [4.69, 9.17) is 0 Å². The number of amides is 1. The van der Waals surface area contributed by atoms with Gasteiger partial charge in [0, 0.05) is 29.7 Å². The Balaban J connectivity index is 2.02.